The lowest BCUT2D eigenvalue weighted by molar-refractivity contribution is 0.0661. The van der Waals surface area contributed by atoms with E-state index in [4.69, 9.17) is 9.52 Å². The first-order chi connectivity index (χ1) is 4.61. The van der Waals surface area contributed by atoms with E-state index in [0.717, 1.165) is 0 Å². The molecule has 10 heavy (non-hydrogen) atoms. The molecule has 1 N–H and O–H groups in total. The second-order valence-corrected chi connectivity index (χ2v) is 3.11. The Bertz CT molecular complexity index is 246. The van der Waals surface area contributed by atoms with Crippen LogP contribution >= 0.6 is 31.9 Å². The monoisotopic (exact) mass is 268 g/mol. The van der Waals surface area contributed by atoms with E-state index < -0.39 is 5.97 Å². The van der Waals surface area contributed by atoms with E-state index in [1.165, 1.54) is 6.07 Å². The maximum Gasteiger partial charge on any atom is 0.371 e. The van der Waals surface area contributed by atoms with Crippen LogP contribution in [0.1, 0.15) is 10.6 Å². The zero-order chi connectivity index (χ0) is 7.72. The van der Waals surface area contributed by atoms with E-state index in [1.54, 1.807) is 0 Å². The average Bonchev–Trinajstić information content (AvgIpc) is 2.13. The Labute approximate surface area is 73.3 Å². The van der Waals surface area contributed by atoms with E-state index in [9.17, 15) is 4.79 Å². The van der Waals surface area contributed by atoms with Crippen molar-refractivity contribution in [1.29, 1.82) is 0 Å². The molecule has 0 saturated heterocycles. The first kappa shape index (κ1) is 7.81. The van der Waals surface area contributed by atoms with Crippen LogP contribution < -0.4 is 0 Å². The Morgan fingerprint density at radius 3 is 2.40 bits per heavy atom. The Morgan fingerprint density at radius 1 is 1.60 bits per heavy atom. The summed E-state index contributed by atoms with van der Waals surface area (Å²) in [5.74, 6) is -1.16. The quantitative estimate of drug-likeness (QED) is 0.852. The standard InChI is InChI=1S/C5H2Br2O3/c6-2-1-3(5(8)9)10-4(2)7/h1H,(H,8,9). The van der Waals surface area contributed by atoms with Crippen molar-refractivity contribution < 1.29 is 14.3 Å². The minimum atomic E-state index is -1.08. The highest BCUT2D eigenvalue weighted by Crippen LogP contribution is 2.26. The molecule has 0 unspecified atom stereocenters. The molecule has 1 aromatic rings. The number of carboxylic acids is 1. The van der Waals surface area contributed by atoms with Crippen molar-refractivity contribution in [2.45, 2.75) is 0 Å². The first-order valence-electron chi connectivity index (χ1n) is 2.29. The van der Waals surface area contributed by atoms with Crippen molar-refractivity contribution in [1.82, 2.24) is 0 Å². The minimum absolute atomic E-state index is 0.0845. The van der Waals surface area contributed by atoms with Gasteiger partial charge < -0.3 is 9.52 Å². The summed E-state index contributed by atoms with van der Waals surface area (Å²) in [6.07, 6.45) is 0. The number of halogens is 2. The fraction of sp³-hybridized carbons (Fsp3) is 0. The smallest absolute Gasteiger partial charge is 0.371 e. The maximum absolute atomic E-state index is 10.2. The number of hydrogen-bond donors (Lipinski definition) is 1. The van der Waals surface area contributed by atoms with E-state index >= 15 is 0 Å². The van der Waals surface area contributed by atoms with Crippen LogP contribution in [0.3, 0.4) is 0 Å². The van der Waals surface area contributed by atoms with Gasteiger partial charge in [-0.05, 0) is 31.9 Å². The molecule has 0 radical (unpaired) electrons. The van der Waals surface area contributed by atoms with E-state index in [1.807, 2.05) is 0 Å². The average molecular weight is 270 g/mol. The van der Waals surface area contributed by atoms with Crippen molar-refractivity contribution in [3.63, 3.8) is 0 Å². The molecule has 0 spiro atoms. The van der Waals surface area contributed by atoms with Crippen LogP contribution in [0.2, 0.25) is 0 Å². The molecular formula is C5H2Br2O3. The van der Waals surface area contributed by atoms with Crippen molar-refractivity contribution in [2.75, 3.05) is 0 Å². The van der Waals surface area contributed by atoms with E-state index in [0.29, 0.717) is 9.14 Å². The van der Waals surface area contributed by atoms with Crippen molar-refractivity contribution in [2.24, 2.45) is 0 Å². The van der Waals surface area contributed by atoms with Gasteiger partial charge in [0.1, 0.15) is 0 Å². The molecular weight excluding hydrogens is 268 g/mol. The highest BCUT2D eigenvalue weighted by molar-refractivity contribution is 9.13. The summed E-state index contributed by atoms with van der Waals surface area (Å²) in [5, 5.41) is 8.39. The lowest BCUT2D eigenvalue weighted by Gasteiger charge is -1.81. The Hall–Kier alpha value is -0.290. The van der Waals surface area contributed by atoms with Gasteiger partial charge in [-0.3, -0.25) is 0 Å². The Balaban J connectivity index is 3.10. The lowest BCUT2D eigenvalue weighted by Crippen LogP contribution is -1.91. The lowest BCUT2D eigenvalue weighted by atomic mass is 10.5. The van der Waals surface area contributed by atoms with Gasteiger partial charge in [-0.2, -0.15) is 0 Å². The topological polar surface area (TPSA) is 50.4 Å². The Kier molecular flexibility index (Phi) is 2.15. The van der Waals surface area contributed by atoms with Crippen LogP contribution in [0.15, 0.2) is 19.6 Å². The van der Waals surface area contributed by atoms with Gasteiger partial charge in [0.2, 0.25) is 5.76 Å². The van der Waals surface area contributed by atoms with Crippen LogP contribution in [0.5, 0.6) is 0 Å². The summed E-state index contributed by atoms with van der Waals surface area (Å²) in [5.41, 5.74) is 0. The number of carboxylic acid groups (broad SMARTS) is 1. The first-order valence-corrected chi connectivity index (χ1v) is 3.88. The van der Waals surface area contributed by atoms with Gasteiger partial charge in [0, 0.05) is 6.07 Å². The molecule has 1 aromatic heterocycles. The van der Waals surface area contributed by atoms with Gasteiger partial charge in [-0.15, -0.1) is 0 Å². The Morgan fingerprint density at radius 2 is 2.20 bits per heavy atom. The molecule has 0 aliphatic rings. The molecule has 5 heteroatoms. The summed E-state index contributed by atoms with van der Waals surface area (Å²) >= 11 is 6.09. The molecule has 1 rings (SSSR count). The predicted octanol–water partition coefficient (Wildman–Crippen LogP) is 2.50. The van der Waals surface area contributed by atoms with Gasteiger partial charge in [-0.25, -0.2) is 4.79 Å². The molecule has 0 aromatic carbocycles. The van der Waals surface area contributed by atoms with Gasteiger partial charge >= 0.3 is 5.97 Å². The third-order valence-corrected chi connectivity index (χ3v) is 2.57. The molecule has 1 heterocycles. The molecule has 0 aliphatic heterocycles. The summed E-state index contributed by atoms with van der Waals surface area (Å²) in [7, 11) is 0. The largest absolute Gasteiger partial charge is 0.475 e. The zero-order valence-electron chi connectivity index (χ0n) is 4.60. The van der Waals surface area contributed by atoms with Crippen molar-refractivity contribution in [3.8, 4) is 0 Å². The second-order valence-electron chi connectivity index (χ2n) is 1.54. The second kappa shape index (κ2) is 2.75. The SMILES string of the molecule is O=C(O)c1cc(Br)c(Br)o1. The van der Waals surface area contributed by atoms with E-state index in [2.05, 4.69) is 31.9 Å². The highest BCUT2D eigenvalue weighted by atomic mass is 79.9. The van der Waals surface area contributed by atoms with Crippen LogP contribution in [-0.4, -0.2) is 11.1 Å². The molecule has 54 valence electrons. The number of furan rings is 1. The summed E-state index contributed by atoms with van der Waals surface area (Å²) in [6.45, 7) is 0. The molecule has 0 fully saturated rings. The third-order valence-electron chi connectivity index (χ3n) is 0.856. The van der Waals surface area contributed by atoms with E-state index in [-0.39, 0.29) is 5.76 Å². The van der Waals surface area contributed by atoms with Crippen LogP contribution in [0, 0.1) is 0 Å². The molecule has 0 aliphatic carbocycles. The predicted molar refractivity (Wildman–Crippen MR) is 41.1 cm³/mol. The summed E-state index contributed by atoms with van der Waals surface area (Å²) < 4.78 is 5.74. The zero-order valence-corrected chi connectivity index (χ0v) is 7.77. The van der Waals surface area contributed by atoms with Crippen LogP contribution in [0.4, 0.5) is 0 Å². The molecule has 3 nitrogen and oxygen atoms in total. The van der Waals surface area contributed by atoms with Crippen molar-refractivity contribution >= 4 is 37.8 Å². The number of hydrogen-bond acceptors (Lipinski definition) is 2. The third kappa shape index (κ3) is 1.41. The fourth-order valence-electron chi connectivity index (χ4n) is 0.452. The summed E-state index contributed by atoms with van der Waals surface area (Å²) in [4.78, 5) is 10.2. The van der Waals surface area contributed by atoms with Gasteiger partial charge in [0.05, 0.1) is 4.47 Å². The maximum atomic E-state index is 10.2. The summed E-state index contributed by atoms with van der Waals surface area (Å²) in [6, 6.07) is 1.38. The number of rotatable bonds is 1. The molecule has 0 amide bonds. The molecule has 0 bridgehead atoms. The van der Waals surface area contributed by atoms with Gasteiger partial charge in [0.15, 0.2) is 4.67 Å². The minimum Gasteiger partial charge on any atom is -0.475 e. The normalized spacial score (nSPS) is 9.80. The number of carbonyl (C=O) groups is 1. The molecule has 0 saturated carbocycles. The molecule has 0 atom stereocenters. The van der Waals surface area contributed by atoms with Crippen molar-refractivity contribution in [3.05, 3.63) is 21.0 Å². The van der Waals surface area contributed by atoms with Crippen LogP contribution in [0.25, 0.3) is 0 Å². The number of aromatic carboxylic acids is 1. The highest BCUT2D eigenvalue weighted by Gasteiger charge is 2.11. The van der Waals surface area contributed by atoms with Gasteiger partial charge in [-0.1, -0.05) is 0 Å². The van der Waals surface area contributed by atoms with Gasteiger partial charge in [0.25, 0.3) is 0 Å². The fourth-order valence-corrected chi connectivity index (χ4v) is 1.03. The van der Waals surface area contributed by atoms with Crippen LogP contribution in [-0.2, 0) is 0 Å².